The molecule has 50 heavy (non-hydrogen) atoms. The van der Waals surface area contributed by atoms with Gasteiger partial charge in [0, 0.05) is 50.9 Å². The van der Waals surface area contributed by atoms with Crippen LogP contribution in [0.25, 0.3) is 0 Å². The molecule has 10 fully saturated rings. The summed E-state index contributed by atoms with van der Waals surface area (Å²) in [5, 5.41) is 0. The zero-order chi connectivity index (χ0) is 33.3. The summed E-state index contributed by atoms with van der Waals surface area (Å²) in [5.41, 5.74) is -1.99. The van der Waals surface area contributed by atoms with Crippen LogP contribution in [0.2, 0.25) is 0 Å². The van der Waals surface area contributed by atoms with Crippen molar-refractivity contribution in [3.05, 3.63) is 0 Å². The summed E-state index contributed by atoms with van der Waals surface area (Å²) >= 11 is 0. The van der Waals surface area contributed by atoms with E-state index in [1.165, 1.54) is 34.6 Å². The minimum Gasteiger partial charge on any atom is -0.410 e. The first-order valence-electron chi connectivity index (χ1n) is 20.0. The molecule has 276 valence electrons. The minimum atomic E-state index is -1.01. The third-order valence-electron chi connectivity index (χ3n) is 14.0. The van der Waals surface area contributed by atoms with Gasteiger partial charge in [-0.25, -0.2) is 0 Å². The summed E-state index contributed by atoms with van der Waals surface area (Å²) in [5.74, 6) is -2.94. The van der Waals surface area contributed by atoms with Crippen molar-refractivity contribution in [3.8, 4) is 0 Å². The SMILES string of the molecule is [B]1O[C@H]([C@@H]2COC3(CCCCC3C3([C@]4([C@@H]5COC6(CCCCC6)O5)CO[B]O4)COC4(CCCCC4)O3)O2)[C@@H]([C@H]2COC3(CCCCC3)O2)O1. The molecule has 14 heteroatoms. The molecule has 2 radical (unpaired) electrons. The topological polar surface area (TPSA) is 111 Å². The minimum absolute atomic E-state index is 0.224. The van der Waals surface area contributed by atoms with Crippen molar-refractivity contribution in [2.75, 3.05) is 33.0 Å². The van der Waals surface area contributed by atoms with Gasteiger partial charge >= 0.3 is 15.4 Å². The Morgan fingerprint density at radius 3 is 1.80 bits per heavy atom. The largest absolute Gasteiger partial charge is 0.488 e. The Bertz CT molecular complexity index is 1220. The van der Waals surface area contributed by atoms with Gasteiger partial charge in [-0.3, -0.25) is 0 Å². The highest BCUT2D eigenvalue weighted by Crippen LogP contribution is 2.61. The maximum Gasteiger partial charge on any atom is 0.488 e. The summed E-state index contributed by atoms with van der Waals surface area (Å²) in [6.45, 7) is 1.89. The Kier molecular flexibility index (Phi) is 8.99. The van der Waals surface area contributed by atoms with Crippen LogP contribution in [0.15, 0.2) is 0 Å². The molecule has 6 saturated heterocycles. The molecule has 0 N–H and O–H groups in total. The fourth-order valence-corrected chi connectivity index (χ4v) is 11.5. The van der Waals surface area contributed by atoms with E-state index < -0.39 is 46.6 Å². The van der Waals surface area contributed by atoms with Crippen molar-refractivity contribution in [2.24, 2.45) is 5.92 Å². The molecule has 0 aromatic carbocycles. The molecule has 0 amide bonds. The van der Waals surface area contributed by atoms with Gasteiger partial charge in [-0.1, -0.05) is 25.7 Å². The van der Waals surface area contributed by atoms with Crippen LogP contribution < -0.4 is 0 Å². The van der Waals surface area contributed by atoms with Gasteiger partial charge in [-0.2, -0.15) is 0 Å². The van der Waals surface area contributed by atoms with Gasteiger partial charge in [0.05, 0.1) is 45.2 Å². The Morgan fingerprint density at radius 1 is 0.480 bits per heavy atom. The van der Waals surface area contributed by atoms with E-state index in [2.05, 4.69) is 0 Å². The van der Waals surface area contributed by atoms with Gasteiger partial charge in [0.15, 0.2) is 23.1 Å². The molecule has 0 aromatic rings. The maximum atomic E-state index is 7.56. The fraction of sp³-hybridized carbons (Fsp3) is 1.00. The lowest BCUT2D eigenvalue weighted by atomic mass is 9.64. The van der Waals surface area contributed by atoms with Crippen LogP contribution in [0, 0.1) is 5.92 Å². The highest BCUT2D eigenvalue weighted by molar-refractivity contribution is 6.19. The van der Waals surface area contributed by atoms with Crippen LogP contribution in [0.3, 0.4) is 0 Å². The maximum absolute atomic E-state index is 7.56. The van der Waals surface area contributed by atoms with E-state index in [9.17, 15) is 0 Å². The molecule has 10 aliphatic rings. The van der Waals surface area contributed by atoms with Gasteiger partial charge < -0.3 is 56.5 Å². The van der Waals surface area contributed by atoms with Crippen LogP contribution in [0.1, 0.15) is 122 Å². The van der Waals surface area contributed by atoms with Crippen LogP contribution in [-0.2, 0) is 56.5 Å². The molecule has 6 heterocycles. The van der Waals surface area contributed by atoms with Crippen molar-refractivity contribution < 1.29 is 56.5 Å². The van der Waals surface area contributed by atoms with E-state index in [0.717, 1.165) is 103 Å². The van der Waals surface area contributed by atoms with E-state index in [-0.39, 0.29) is 30.8 Å². The molecule has 4 saturated carbocycles. The Morgan fingerprint density at radius 2 is 1.10 bits per heavy atom. The van der Waals surface area contributed by atoms with E-state index in [1.54, 1.807) is 0 Å². The Balaban J connectivity index is 0.962. The Hall–Kier alpha value is -0.350. The van der Waals surface area contributed by atoms with Crippen molar-refractivity contribution in [1.82, 2.24) is 0 Å². The molecule has 0 aromatic heterocycles. The standard InChI is InChI=1S/C36H54B2O12/c1-5-13-31(14-6-1)39-20-25(44-31)29-30(48-38-47-29)26-21-41-36(45-26)19-11-4-12-27(36)34(23-42-33(49-34)17-9-3-10-18-33)35(24-43-37-50-35)28-22-40-32(46-28)15-7-2-8-16-32/h25-30H,1-24H2/t25-,26+,27?,28+,29-,30-,34?,35-,36?/m1/s1. The Labute approximate surface area is 297 Å². The zero-order valence-electron chi connectivity index (χ0n) is 29.5. The fourth-order valence-electron chi connectivity index (χ4n) is 11.5. The normalized spacial score (nSPS) is 48.2. The van der Waals surface area contributed by atoms with Crippen LogP contribution in [0.4, 0.5) is 0 Å². The monoisotopic (exact) mass is 700 g/mol. The van der Waals surface area contributed by atoms with Crippen molar-refractivity contribution in [2.45, 2.75) is 187 Å². The smallest absolute Gasteiger partial charge is 0.410 e. The molecule has 10 rings (SSSR count). The third-order valence-corrected chi connectivity index (χ3v) is 14.0. The average molecular weight is 700 g/mol. The molecule has 12 nitrogen and oxygen atoms in total. The van der Waals surface area contributed by atoms with E-state index >= 15 is 0 Å². The first kappa shape index (κ1) is 34.2. The zero-order valence-corrected chi connectivity index (χ0v) is 29.5. The quantitative estimate of drug-likeness (QED) is 0.376. The van der Waals surface area contributed by atoms with Gasteiger partial charge in [-0.15, -0.1) is 0 Å². The lowest BCUT2D eigenvalue weighted by molar-refractivity contribution is -0.325. The number of ether oxygens (including phenoxy) is 8. The predicted octanol–water partition coefficient (Wildman–Crippen LogP) is 4.52. The first-order valence-corrected chi connectivity index (χ1v) is 20.0. The third kappa shape index (κ3) is 5.47. The summed E-state index contributed by atoms with van der Waals surface area (Å²) in [7, 11) is 2.93. The second-order valence-electron chi connectivity index (χ2n) is 16.9. The van der Waals surface area contributed by atoms with Gasteiger partial charge in [-0.05, 0) is 51.4 Å². The molecule has 0 bridgehead atoms. The van der Waals surface area contributed by atoms with Gasteiger partial charge in [0.25, 0.3) is 0 Å². The van der Waals surface area contributed by atoms with Gasteiger partial charge in [0.2, 0.25) is 0 Å². The molecule has 9 atom stereocenters. The highest BCUT2D eigenvalue weighted by atomic mass is 16.8. The van der Waals surface area contributed by atoms with Crippen LogP contribution >= 0.6 is 0 Å². The van der Waals surface area contributed by atoms with Crippen LogP contribution in [0.5, 0.6) is 0 Å². The molecular weight excluding hydrogens is 646 g/mol. The molecular formula is C36H54B2O12. The predicted molar refractivity (Wildman–Crippen MR) is 175 cm³/mol. The van der Waals surface area contributed by atoms with E-state index in [1.807, 2.05) is 0 Å². The molecule has 4 aliphatic carbocycles. The summed E-state index contributed by atoms with van der Waals surface area (Å²) in [4.78, 5) is 0. The average Bonchev–Trinajstić information content (AvgIpc) is 4.01. The summed E-state index contributed by atoms with van der Waals surface area (Å²) in [6, 6.07) is 0. The van der Waals surface area contributed by atoms with E-state index in [0.29, 0.717) is 26.4 Å². The highest BCUT2D eigenvalue weighted by Gasteiger charge is 2.75. The van der Waals surface area contributed by atoms with E-state index in [4.69, 9.17) is 56.5 Å². The lowest BCUT2D eigenvalue weighted by Crippen LogP contribution is -2.72. The van der Waals surface area contributed by atoms with Gasteiger partial charge in [0.1, 0.15) is 29.5 Å². The molecule has 3 unspecified atom stereocenters. The first-order chi connectivity index (χ1) is 24.5. The van der Waals surface area contributed by atoms with Crippen LogP contribution in [-0.4, -0.2) is 113 Å². The van der Waals surface area contributed by atoms with Crippen molar-refractivity contribution in [3.63, 3.8) is 0 Å². The number of hydrogen-bond donors (Lipinski definition) is 0. The second-order valence-corrected chi connectivity index (χ2v) is 16.9. The van der Waals surface area contributed by atoms with Crippen molar-refractivity contribution >= 4 is 15.4 Å². The van der Waals surface area contributed by atoms with Crippen molar-refractivity contribution in [1.29, 1.82) is 0 Å². The number of rotatable bonds is 5. The summed E-state index contributed by atoms with van der Waals surface area (Å²) in [6.07, 6.45) is 17.3. The lowest BCUT2D eigenvalue weighted by Gasteiger charge is -2.56. The molecule has 6 aliphatic heterocycles. The summed E-state index contributed by atoms with van der Waals surface area (Å²) < 4.78 is 80.3. The second kappa shape index (κ2) is 13.2. The number of hydrogen-bond acceptors (Lipinski definition) is 12. The molecule has 4 spiro atoms.